The molecule has 1 saturated heterocycles. The predicted octanol–water partition coefficient (Wildman–Crippen LogP) is 2.41. The van der Waals surface area contributed by atoms with E-state index in [2.05, 4.69) is 11.8 Å². The van der Waals surface area contributed by atoms with Crippen LogP contribution in [0.5, 0.6) is 0 Å². The minimum Gasteiger partial charge on any atom is -0.378 e. The van der Waals surface area contributed by atoms with Crippen LogP contribution in [0.2, 0.25) is 0 Å². The Labute approximate surface area is 136 Å². The highest BCUT2D eigenvalue weighted by Crippen LogP contribution is 2.35. The zero-order chi connectivity index (χ0) is 16.2. The van der Waals surface area contributed by atoms with Crippen molar-refractivity contribution < 1.29 is 9.90 Å². The van der Waals surface area contributed by atoms with Crippen molar-refractivity contribution in [3.63, 3.8) is 0 Å². The largest absolute Gasteiger partial charge is 0.378 e. The Morgan fingerprint density at radius 3 is 2.35 bits per heavy atom. The highest BCUT2D eigenvalue weighted by atomic mass is 16.3. The first-order valence-corrected chi connectivity index (χ1v) is 7.72. The van der Waals surface area contributed by atoms with Gasteiger partial charge >= 0.3 is 0 Å². The van der Waals surface area contributed by atoms with E-state index in [0.29, 0.717) is 6.42 Å². The van der Waals surface area contributed by atoms with E-state index < -0.39 is 6.10 Å². The van der Waals surface area contributed by atoms with Crippen molar-refractivity contribution in [2.45, 2.75) is 24.5 Å². The molecule has 3 atom stereocenters. The Bertz CT molecular complexity index is 730. The molecule has 0 spiro atoms. The van der Waals surface area contributed by atoms with E-state index in [1.807, 2.05) is 60.7 Å². The summed E-state index contributed by atoms with van der Waals surface area (Å²) in [5.41, 5.74) is 1.92. The minimum atomic E-state index is -0.878. The van der Waals surface area contributed by atoms with Crippen LogP contribution in [0.15, 0.2) is 60.7 Å². The van der Waals surface area contributed by atoms with Crippen LogP contribution in [0.1, 0.15) is 23.5 Å². The Kier molecular flexibility index (Phi) is 4.45. The van der Waals surface area contributed by atoms with Gasteiger partial charge in [0.25, 0.3) is 0 Å². The van der Waals surface area contributed by atoms with Crippen LogP contribution in [-0.2, 0) is 4.79 Å². The molecule has 0 saturated carbocycles. The summed E-state index contributed by atoms with van der Waals surface area (Å²) >= 11 is 0. The molecule has 3 heteroatoms. The number of rotatable bonds is 2. The van der Waals surface area contributed by atoms with Crippen molar-refractivity contribution in [2.24, 2.45) is 0 Å². The molecular weight excluding hydrogens is 286 g/mol. The van der Waals surface area contributed by atoms with Crippen molar-refractivity contribution in [3.8, 4) is 11.8 Å². The summed E-state index contributed by atoms with van der Waals surface area (Å²) < 4.78 is 0. The summed E-state index contributed by atoms with van der Waals surface area (Å²) in [5.74, 6) is 5.91. The SMILES string of the molecule is CN1C(=O)C[C@H](c2ccccc2)[C@@H]1[C@@H](O)C#Cc1ccccc1. The lowest BCUT2D eigenvalue weighted by Gasteiger charge is -2.27. The third-order valence-electron chi connectivity index (χ3n) is 4.34. The van der Waals surface area contributed by atoms with Crippen LogP contribution < -0.4 is 0 Å². The maximum atomic E-state index is 12.1. The Hall–Kier alpha value is -2.57. The fourth-order valence-corrected chi connectivity index (χ4v) is 3.10. The fourth-order valence-electron chi connectivity index (χ4n) is 3.10. The van der Waals surface area contributed by atoms with Crippen LogP contribution in [-0.4, -0.2) is 35.1 Å². The highest BCUT2D eigenvalue weighted by molar-refractivity contribution is 5.80. The number of aliphatic hydroxyl groups is 1. The van der Waals surface area contributed by atoms with Gasteiger partial charge in [0, 0.05) is 24.9 Å². The minimum absolute atomic E-state index is 0.0335. The maximum absolute atomic E-state index is 12.1. The Morgan fingerprint density at radius 1 is 1.09 bits per heavy atom. The van der Waals surface area contributed by atoms with Crippen molar-refractivity contribution >= 4 is 5.91 Å². The van der Waals surface area contributed by atoms with E-state index in [1.165, 1.54) is 0 Å². The molecule has 1 heterocycles. The van der Waals surface area contributed by atoms with Crippen LogP contribution >= 0.6 is 0 Å². The third-order valence-corrected chi connectivity index (χ3v) is 4.34. The Balaban J connectivity index is 1.86. The average molecular weight is 305 g/mol. The number of hydrogen-bond acceptors (Lipinski definition) is 2. The second-order valence-electron chi connectivity index (χ2n) is 5.80. The first-order valence-electron chi connectivity index (χ1n) is 7.72. The van der Waals surface area contributed by atoms with E-state index in [-0.39, 0.29) is 17.9 Å². The van der Waals surface area contributed by atoms with E-state index in [4.69, 9.17) is 0 Å². The van der Waals surface area contributed by atoms with Gasteiger partial charge in [-0.1, -0.05) is 60.4 Å². The zero-order valence-corrected chi connectivity index (χ0v) is 13.0. The van der Waals surface area contributed by atoms with Crippen LogP contribution in [0, 0.1) is 11.8 Å². The summed E-state index contributed by atoms with van der Waals surface area (Å²) in [6, 6.07) is 19.1. The van der Waals surface area contributed by atoms with Gasteiger partial charge in [0.1, 0.15) is 6.10 Å². The summed E-state index contributed by atoms with van der Waals surface area (Å²) in [5, 5.41) is 10.6. The monoisotopic (exact) mass is 305 g/mol. The number of nitrogens with zero attached hydrogens (tertiary/aromatic N) is 1. The van der Waals surface area contributed by atoms with Gasteiger partial charge < -0.3 is 10.0 Å². The van der Waals surface area contributed by atoms with Crippen molar-refractivity contribution in [3.05, 3.63) is 71.8 Å². The fraction of sp³-hybridized carbons (Fsp3) is 0.250. The molecule has 0 radical (unpaired) electrons. The maximum Gasteiger partial charge on any atom is 0.223 e. The van der Waals surface area contributed by atoms with Crippen molar-refractivity contribution in [1.82, 2.24) is 4.90 Å². The number of likely N-dealkylation sites (tertiary alicyclic amines) is 1. The molecule has 1 N–H and O–H groups in total. The number of carbonyl (C=O) groups is 1. The number of carbonyl (C=O) groups excluding carboxylic acids is 1. The first kappa shape index (κ1) is 15.3. The topological polar surface area (TPSA) is 40.5 Å². The predicted molar refractivity (Wildman–Crippen MR) is 89.7 cm³/mol. The van der Waals surface area contributed by atoms with Gasteiger partial charge in [-0.2, -0.15) is 0 Å². The Morgan fingerprint density at radius 2 is 1.70 bits per heavy atom. The zero-order valence-electron chi connectivity index (χ0n) is 13.0. The van der Waals surface area contributed by atoms with Gasteiger partial charge in [-0.25, -0.2) is 0 Å². The molecule has 1 aliphatic rings. The second kappa shape index (κ2) is 6.68. The molecule has 0 aromatic heterocycles. The van der Waals surface area contributed by atoms with E-state index >= 15 is 0 Å². The van der Waals surface area contributed by atoms with Crippen LogP contribution in [0.3, 0.4) is 0 Å². The van der Waals surface area contributed by atoms with Crippen molar-refractivity contribution in [2.75, 3.05) is 7.05 Å². The summed E-state index contributed by atoms with van der Waals surface area (Å²) in [7, 11) is 1.74. The molecule has 23 heavy (non-hydrogen) atoms. The van der Waals surface area contributed by atoms with Crippen LogP contribution in [0.25, 0.3) is 0 Å². The molecule has 116 valence electrons. The number of amides is 1. The molecule has 1 fully saturated rings. The third kappa shape index (κ3) is 3.28. The number of hydrogen-bond donors (Lipinski definition) is 1. The summed E-state index contributed by atoms with van der Waals surface area (Å²) in [6.45, 7) is 0. The molecule has 0 aliphatic carbocycles. The number of aliphatic hydroxyl groups excluding tert-OH is 1. The highest BCUT2D eigenvalue weighted by Gasteiger charge is 2.41. The number of benzene rings is 2. The van der Waals surface area contributed by atoms with Crippen molar-refractivity contribution in [1.29, 1.82) is 0 Å². The molecule has 3 nitrogen and oxygen atoms in total. The van der Waals surface area contributed by atoms with Gasteiger partial charge in [0.05, 0.1) is 6.04 Å². The second-order valence-corrected chi connectivity index (χ2v) is 5.80. The summed E-state index contributed by atoms with van der Waals surface area (Å²) in [4.78, 5) is 13.7. The molecule has 0 bridgehead atoms. The van der Waals surface area contributed by atoms with E-state index in [1.54, 1.807) is 11.9 Å². The average Bonchev–Trinajstić information content (AvgIpc) is 2.90. The van der Waals surface area contributed by atoms with E-state index in [0.717, 1.165) is 11.1 Å². The molecule has 3 rings (SSSR count). The molecule has 2 aromatic rings. The molecule has 0 unspecified atom stereocenters. The van der Waals surface area contributed by atoms with Gasteiger partial charge in [-0.3, -0.25) is 4.79 Å². The lowest BCUT2D eigenvalue weighted by atomic mass is 9.88. The normalized spacial score (nSPS) is 21.7. The van der Waals surface area contributed by atoms with Gasteiger partial charge in [-0.15, -0.1) is 0 Å². The van der Waals surface area contributed by atoms with Gasteiger partial charge in [0.15, 0.2) is 0 Å². The molecule has 1 aliphatic heterocycles. The lowest BCUT2D eigenvalue weighted by molar-refractivity contribution is -0.128. The lowest BCUT2D eigenvalue weighted by Crippen LogP contribution is -2.40. The smallest absolute Gasteiger partial charge is 0.223 e. The summed E-state index contributed by atoms with van der Waals surface area (Å²) in [6.07, 6.45) is -0.466. The van der Waals surface area contributed by atoms with Gasteiger partial charge in [0.2, 0.25) is 5.91 Å². The molecule has 2 aromatic carbocycles. The first-order chi connectivity index (χ1) is 11.2. The van der Waals surface area contributed by atoms with Gasteiger partial charge in [-0.05, 0) is 17.7 Å². The molecule has 1 amide bonds. The number of likely N-dealkylation sites (N-methyl/N-ethyl adjacent to an activating group) is 1. The quantitative estimate of drug-likeness (QED) is 0.866. The standard InChI is InChI=1S/C20H19NO2/c1-21-19(23)14-17(16-10-6-3-7-11-16)20(21)18(22)13-12-15-8-4-2-5-9-15/h2-11,17-18,20,22H,14H2,1H3/t17-,18+,20-/m1/s1. The van der Waals surface area contributed by atoms with E-state index in [9.17, 15) is 9.90 Å². The van der Waals surface area contributed by atoms with Crippen LogP contribution in [0.4, 0.5) is 0 Å². The molecular formula is C20H19NO2.